The number of nitrogens with two attached hydrogens (primary N) is 1. The van der Waals surface area contributed by atoms with Crippen LogP contribution in [0.3, 0.4) is 0 Å². The number of aliphatic hydroxyl groups is 1. The zero-order chi connectivity index (χ0) is 12.8. The largest absolute Gasteiger partial charge is 0.395 e. The lowest BCUT2D eigenvalue weighted by atomic mass is 9.84. The van der Waals surface area contributed by atoms with Crippen molar-refractivity contribution in [1.29, 1.82) is 0 Å². The first-order valence-corrected chi connectivity index (χ1v) is 6.70. The SMILES string of the molecule is CC(C)N(CCO)C(=O)CC1CCCC(N)C1. The van der Waals surface area contributed by atoms with Gasteiger partial charge in [-0.1, -0.05) is 6.42 Å². The van der Waals surface area contributed by atoms with Gasteiger partial charge in [-0.25, -0.2) is 0 Å². The lowest BCUT2D eigenvalue weighted by Gasteiger charge is -2.30. The van der Waals surface area contributed by atoms with E-state index in [1.165, 1.54) is 0 Å². The monoisotopic (exact) mass is 242 g/mol. The van der Waals surface area contributed by atoms with Crippen LogP contribution < -0.4 is 5.73 Å². The van der Waals surface area contributed by atoms with E-state index in [9.17, 15) is 4.79 Å². The minimum Gasteiger partial charge on any atom is -0.395 e. The summed E-state index contributed by atoms with van der Waals surface area (Å²) in [6.07, 6.45) is 4.91. The Bertz CT molecular complexity index is 244. The molecule has 1 rings (SSSR count). The van der Waals surface area contributed by atoms with Gasteiger partial charge >= 0.3 is 0 Å². The molecule has 0 spiro atoms. The molecule has 2 unspecified atom stereocenters. The van der Waals surface area contributed by atoms with Crippen molar-refractivity contribution >= 4 is 5.91 Å². The molecule has 1 aliphatic carbocycles. The van der Waals surface area contributed by atoms with Crippen LogP contribution in [0.1, 0.15) is 46.0 Å². The van der Waals surface area contributed by atoms with E-state index in [2.05, 4.69) is 0 Å². The van der Waals surface area contributed by atoms with E-state index in [0.29, 0.717) is 18.9 Å². The Morgan fingerprint density at radius 2 is 2.18 bits per heavy atom. The molecule has 0 bridgehead atoms. The second-order valence-corrected chi connectivity index (χ2v) is 5.40. The maximum Gasteiger partial charge on any atom is 0.223 e. The van der Waals surface area contributed by atoms with Crippen molar-refractivity contribution in [2.45, 2.75) is 58.0 Å². The smallest absolute Gasteiger partial charge is 0.223 e. The standard InChI is InChI=1S/C13H26N2O2/c1-10(2)15(6-7-16)13(17)9-11-4-3-5-12(14)8-11/h10-12,16H,3-9,14H2,1-2H3. The summed E-state index contributed by atoms with van der Waals surface area (Å²) >= 11 is 0. The van der Waals surface area contributed by atoms with Crippen molar-refractivity contribution < 1.29 is 9.90 Å². The summed E-state index contributed by atoms with van der Waals surface area (Å²) < 4.78 is 0. The van der Waals surface area contributed by atoms with Crippen LogP contribution in [-0.4, -0.2) is 41.1 Å². The number of nitrogens with zero attached hydrogens (tertiary/aromatic N) is 1. The molecule has 4 nitrogen and oxygen atoms in total. The molecule has 0 aromatic rings. The van der Waals surface area contributed by atoms with Gasteiger partial charge in [0.1, 0.15) is 0 Å². The van der Waals surface area contributed by atoms with Crippen molar-refractivity contribution in [2.24, 2.45) is 11.7 Å². The van der Waals surface area contributed by atoms with Crippen LogP contribution in [0.2, 0.25) is 0 Å². The summed E-state index contributed by atoms with van der Waals surface area (Å²) in [5.41, 5.74) is 5.93. The van der Waals surface area contributed by atoms with Crippen molar-refractivity contribution in [2.75, 3.05) is 13.2 Å². The van der Waals surface area contributed by atoms with Crippen molar-refractivity contribution in [3.05, 3.63) is 0 Å². The first-order valence-electron chi connectivity index (χ1n) is 6.70. The Kier molecular flexibility index (Phi) is 5.92. The fraction of sp³-hybridized carbons (Fsp3) is 0.923. The van der Waals surface area contributed by atoms with Crippen LogP contribution >= 0.6 is 0 Å². The van der Waals surface area contributed by atoms with Crippen LogP contribution in [0, 0.1) is 5.92 Å². The fourth-order valence-electron chi connectivity index (χ4n) is 2.66. The zero-order valence-electron chi connectivity index (χ0n) is 11.1. The molecular weight excluding hydrogens is 216 g/mol. The molecule has 0 aromatic carbocycles. The second kappa shape index (κ2) is 6.97. The molecule has 1 amide bonds. The fourth-order valence-corrected chi connectivity index (χ4v) is 2.66. The van der Waals surface area contributed by atoms with E-state index < -0.39 is 0 Å². The van der Waals surface area contributed by atoms with E-state index in [1.807, 2.05) is 13.8 Å². The molecule has 0 heterocycles. The van der Waals surface area contributed by atoms with Crippen LogP contribution in [0.25, 0.3) is 0 Å². The molecule has 1 aliphatic rings. The summed E-state index contributed by atoms with van der Waals surface area (Å²) in [4.78, 5) is 13.9. The van der Waals surface area contributed by atoms with E-state index in [0.717, 1.165) is 25.7 Å². The molecule has 0 aliphatic heterocycles. The molecule has 2 atom stereocenters. The van der Waals surface area contributed by atoms with E-state index in [1.54, 1.807) is 4.90 Å². The van der Waals surface area contributed by atoms with E-state index in [-0.39, 0.29) is 24.6 Å². The third-order valence-electron chi connectivity index (χ3n) is 3.57. The molecule has 0 saturated heterocycles. The summed E-state index contributed by atoms with van der Waals surface area (Å²) in [6, 6.07) is 0.429. The van der Waals surface area contributed by atoms with Gasteiger partial charge < -0.3 is 15.7 Å². The van der Waals surface area contributed by atoms with Gasteiger partial charge in [0.2, 0.25) is 5.91 Å². The quantitative estimate of drug-likeness (QED) is 0.759. The van der Waals surface area contributed by atoms with Gasteiger partial charge in [0.05, 0.1) is 6.61 Å². The number of carbonyl (C=O) groups is 1. The number of hydrogen-bond acceptors (Lipinski definition) is 3. The third-order valence-corrected chi connectivity index (χ3v) is 3.57. The van der Waals surface area contributed by atoms with Crippen LogP contribution in [0.5, 0.6) is 0 Å². The van der Waals surface area contributed by atoms with Gasteiger partial charge in [0.25, 0.3) is 0 Å². The van der Waals surface area contributed by atoms with Crippen molar-refractivity contribution in [3.8, 4) is 0 Å². The highest BCUT2D eigenvalue weighted by atomic mass is 16.3. The van der Waals surface area contributed by atoms with Gasteiger partial charge in [0.15, 0.2) is 0 Å². The minimum atomic E-state index is 0.0358. The lowest BCUT2D eigenvalue weighted by Crippen LogP contribution is -2.40. The Morgan fingerprint density at radius 3 is 2.71 bits per heavy atom. The molecular formula is C13H26N2O2. The van der Waals surface area contributed by atoms with Crippen molar-refractivity contribution in [1.82, 2.24) is 4.90 Å². The predicted octanol–water partition coefficient (Wildman–Crippen LogP) is 1.12. The summed E-state index contributed by atoms with van der Waals surface area (Å²) in [5, 5.41) is 8.97. The normalized spacial score (nSPS) is 25.0. The van der Waals surface area contributed by atoms with Crippen LogP contribution in [0.15, 0.2) is 0 Å². The number of rotatable bonds is 5. The van der Waals surface area contributed by atoms with Crippen molar-refractivity contribution in [3.63, 3.8) is 0 Å². The summed E-state index contributed by atoms with van der Waals surface area (Å²) in [5.74, 6) is 0.597. The number of hydrogen-bond donors (Lipinski definition) is 2. The number of aliphatic hydroxyl groups excluding tert-OH is 1. The molecule has 0 radical (unpaired) electrons. The molecule has 1 saturated carbocycles. The van der Waals surface area contributed by atoms with E-state index in [4.69, 9.17) is 10.8 Å². The Hall–Kier alpha value is -0.610. The van der Waals surface area contributed by atoms with Gasteiger partial charge in [-0.3, -0.25) is 4.79 Å². The average Bonchev–Trinajstić information content (AvgIpc) is 2.25. The molecule has 1 fully saturated rings. The lowest BCUT2D eigenvalue weighted by molar-refractivity contribution is -0.134. The van der Waals surface area contributed by atoms with Gasteiger partial charge in [-0.2, -0.15) is 0 Å². The second-order valence-electron chi connectivity index (χ2n) is 5.40. The average molecular weight is 242 g/mol. The highest BCUT2D eigenvalue weighted by Crippen LogP contribution is 2.26. The highest BCUT2D eigenvalue weighted by Gasteiger charge is 2.24. The first kappa shape index (κ1) is 14.5. The van der Waals surface area contributed by atoms with Gasteiger partial charge in [-0.15, -0.1) is 0 Å². The topological polar surface area (TPSA) is 66.6 Å². The van der Waals surface area contributed by atoms with Crippen LogP contribution in [0.4, 0.5) is 0 Å². The molecule has 3 N–H and O–H groups in total. The van der Waals surface area contributed by atoms with E-state index >= 15 is 0 Å². The Balaban J connectivity index is 2.45. The minimum absolute atomic E-state index is 0.0358. The molecule has 4 heteroatoms. The van der Waals surface area contributed by atoms with Gasteiger partial charge in [0, 0.05) is 25.0 Å². The molecule has 100 valence electrons. The number of carbonyl (C=O) groups excluding carboxylic acids is 1. The Morgan fingerprint density at radius 1 is 1.47 bits per heavy atom. The summed E-state index contributed by atoms with van der Waals surface area (Å²) in [7, 11) is 0. The maximum absolute atomic E-state index is 12.1. The zero-order valence-corrected chi connectivity index (χ0v) is 11.1. The third kappa shape index (κ3) is 4.64. The van der Waals surface area contributed by atoms with Crippen LogP contribution in [-0.2, 0) is 4.79 Å². The molecule has 17 heavy (non-hydrogen) atoms. The van der Waals surface area contributed by atoms with Gasteiger partial charge in [-0.05, 0) is 39.0 Å². The number of amides is 1. The molecule has 0 aromatic heterocycles. The Labute approximate surface area is 104 Å². The maximum atomic E-state index is 12.1. The first-order chi connectivity index (χ1) is 8.04. The predicted molar refractivity (Wildman–Crippen MR) is 68.5 cm³/mol. The highest BCUT2D eigenvalue weighted by molar-refractivity contribution is 5.76. The summed E-state index contributed by atoms with van der Waals surface area (Å²) in [6.45, 7) is 4.45.